The minimum Gasteiger partial charge on any atom is -0.495 e. The Hall–Kier alpha value is -1.56. The fraction of sp³-hybridized carbons (Fsp3) is 0.533. The summed E-state index contributed by atoms with van der Waals surface area (Å²) < 4.78 is 17.0. The molecule has 2 unspecified atom stereocenters. The molecule has 0 bridgehead atoms. The van der Waals surface area contributed by atoms with Crippen molar-refractivity contribution in [2.75, 3.05) is 37.0 Å². The Morgan fingerprint density at radius 1 is 1.48 bits per heavy atom. The van der Waals surface area contributed by atoms with Crippen LogP contribution in [-0.4, -0.2) is 46.8 Å². The molecular formula is C15H22N2O3S. The van der Waals surface area contributed by atoms with Gasteiger partial charge in [0, 0.05) is 35.4 Å². The molecule has 0 saturated carbocycles. The standard InChI is InChI=1S/C15H22N2O3S/c1-11-4-5-13(14(8-11)20-3)16-15(18)17-6-7-21(19)10-12(2)9-17/h4-5,8,12H,6-7,9-10H2,1-3H3,(H,16,18). The SMILES string of the molecule is COc1cc(C)ccc1NC(=O)N1CCS(=O)CC(C)C1. The van der Waals surface area contributed by atoms with Crippen LogP contribution in [0.4, 0.5) is 10.5 Å². The maximum Gasteiger partial charge on any atom is 0.321 e. The van der Waals surface area contributed by atoms with Crippen LogP contribution in [0, 0.1) is 12.8 Å². The number of carbonyl (C=O) groups excluding carboxylic acids is 1. The zero-order chi connectivity index (χ0) is 15.4. The van der Waals surface area contributed by atoms with Crippen LogP contribution in [0.3, 0.4) is 0 Å². The molecule has 0 spiro atoms. The molecule has 1 N–H and O–H groups in total. The van der Waals surface area contributed by atoms with E-state index in [1.54, 1.807) is 12.0 Å². The number of hydrogen-bond acceptors (Lipinski definition) is 3. The van der Waals surface area contributed by atoms with E-state index >= 15 is 0 Å². The summed E-state index contributed by atoms with van der Waals surface area (Å²) in [6.45, 7) is 5.15. The molecule has 1 aromatic rings. The third-order valence-electron chi connectivity index (χ3n) is 3.48. The van der Waals surface area contributed by atoms with Crippen molar-refractivity contribution in [2.24, 2.45) is 5.92 Å². The summed E-state index contributed by atoms with van der Waals surface area (Å²) in [7, 11) is 0.758. The molecule has 1 fully saturated rings. The third-order valence-corrected chi connectivity index (χ3v) is 5.06. The number of benzene rings is 1. The van der Waals surface area contributed by atoms with E-state index in [-0.39, 0.29) is 11.9 Å². The Bertz CT molecular complexity index is 548. The molecule has 2 atom stereocenters. The molecule has 0 aromatic heterocycles. The number of rotatable bonds is 2. The van der Waals surface area contributed by atoms with Crippen molar-refractivity contribution in [3.05, 3.63) is 23.8 Å². The molecule has 1 aliphatic rings. The van der Waals surface area contributed by atoms with Gasteiger partial charge in [-0.2, -0.15) is 0 Å². The lowest BCUT2D eigenvalue weighted by atomic mass is 10.2. The largest absolute Gasteiger partial charge is 0.495 e. The number of nitrogens with one attached hydrogen (secondary N) is 1. The molecule has 1 aromatic carbocycles. The third kappa shape index (κ3) is 4.20. The van der Waals surface area contributed by atoms with Gasteiger partial charge < -0.3 is 15.0 Å². The van der Waals surface area contributed by atoms with Gasteiger partial charge in [-0.25, -0.2) is 4.79 Å². The first kappa shape index (κ1) is 15.8. The van der Waals surface area contributed by atoms with Gasteiger partial charge >= 0.3 is 6.03 Å². The fourth-order valence-electron chi connectivity index (χ4n) is 2.41. The van der Waals surface area contributed by atoms with Gasteiger partial charge in [-0.3, -0.25) is 4.21 Å². The van der Waals surface area contributed by atoms with Crippen molar-refractivity contribution in [2.45, 2.75) is 13.8 Å². The number of hydrogen-bond donors (Lipinski definition) is 1. The molecule has 1 aliphatic heterocycles. The highest BCUT2D eigenvalue weighted by Crippen LogP contribution is 2.25. The number of urea groups is 1. The second-order valence-electron chi connectivity index (χ2n) is 5.50. The maximum absolute atomic E-state index is 12.4. The zero-order valence-corrected chi connectivity index (χ0v) is 13.5. The highest BCUT2D eigenvalue weighted by atomic mass is 32.2. The van der Waals surface area contributed by atoms with Crippen molar-refractivity contribution >= 4 is 22.5 Å². The fourth-order valence-corrected chi connectivity index (χ4v) is 3.74. The normalized spacial score (nSPS) is 22.5. The minimum absolute atomic E-state index is 0.164. The van der Waals surface area contributed by atoms with Crippen LogP contribution >= 0.6 is 0 Å². The Morgan fingerprint density at radius 3 is 2.95 bits per heavy atom. The van der Waals surface area contributed by atoms with E-state index in [2.05, 4.69) is 5.32 Å². The van der Waals surface area contributed by atoms with Crippen LogP contribution in [-0.2, 0) is 10.8 Å². The molecule has 0 radical (unpaired) electrons. The van der Waals surface area contributed by atoms with E-state index < -0.39 is 10.8 Å². The molecule has 21 heavy (non-hydrogen) atoms. The number of amides is 2. The van der Waals surface area contributed by atoms with Gasteiger partial charge in [0.15, 0.2) is 0 Å². The molecular weight excluding hydrogens is 288 g/mol. The van der Waals surface area contributed by atoms with Crippen LogP contribution in [0.2, 0.25) is 0 Å². The lowest BCUT2D eigenvalue weighted by Gasteiger charge is -2.23. The summed E-state index contributed by atoms with van der Waals surface area (Å²) >= 11 is 0. The Balaban J connectivity index is 2.08. The van der Waals surface area contributed by atoms with Crippen molar-refractivity contribution in [3.63, 3.8) is 0 Å². The first-order valence-electron chi connectivity index (χ1n) is 7.05. The highest BCUT2D eigenvalue weighted by molar-refractivity contribution is 7.85. The molecule has 2 amide bonds. The van der Waals surface area contributed by atoms with Gasteiger partial charge in [0.05, 0.1) is 12.8 Å². The molecule has 5 nitrogen and oxygen atoms in total. The van der Waals surface area contributed by atoms with E-state index in [1.807, 2.05) is 32.0 Å². The molecule has 6 heteroatoms. The lowest BCUT2D eigenvalue weighted by molar-refractivity contribution is 0.209. The van der Waals surface area contributed by atoms with E-state index in [4.69, 9.17) is 4.74 Å². The van der Waals surface area contributed by atoms with Gasteiger partial charge in [0.2, 0.25) is 0 Å². The predicted octanol–water partition coefficient (Wildman–Crippen LogP) is 2.24. The van der Waals surface area contributed by atoms with E-state index in [0.29, 0.717) is 36.0 Å². The van der Waals surface area contributed by atoms with Gasteiger partial charge in [-0.15, -0.1) is 0 Å². The Kier molecular flexibility index (Phi) is 5.22. The summed E-state index contributed by atoms with van der Waals surface area (Å²) in [5.41, 5.74) is 1.73. The number of ether oxygens (including phenoxy) is 1. The topological polar surface area (TPSA) is 58.6 Å². The highest BCUT2D eigenvalue weighted by Gasteiger charge is 2.23. The van der Waals surface area contributed by atoms with Crippen LogP contribution < -0.4 is 10.1 Å². The second-order valence-corrected chi connectivity index (χ2v) is 7.12. The predicted molar refractivity (Wildman–Crippen MR) is 85.4 cm³/mol. The Morgan fingerprint density at radius 2 is 2.24 bits per heavy atom. The van der Waals surface area contributed by atoms with Crippen LogP contribution in [0.1, 0.15) is 12.5 Å². The number of aryl methyl sites for hydroxylation is 1. The molecule has 2 rings (SSSR count). The van der Waals surface area contributed by atoms with Gasteiger partial charge in [0.25, 0.3) is 0 Å². The number of methoxy groups -OCH3 is 1. The number of carbonyl (C=O) groups is 1. The van der Waals surface area contributed by atoms with Crippen molar-refractivity contribution in [3.8, 4) is 5.75 Å². The van der Waals surface area contributed by atoms with E-state index in [1.165, 1.54) is 0 Å². The van der Waals surface area contributed by atoms with Crippen LogP contribution in [0.25, 0.3) is 0 Å². The van der Waals surface area contributed by atoms with Crippen molar-refractivity contribution in [1.29, 1.82) is 0 Å². The quantitative estimate of drug-likeness (QED) is 0.911. The molecule has 0 aliphatic carbocycles. The lowest BCUT2D eigenvalue weighted by Crippen LogP contribution is -2.38. The molecule has 1 saturated heterocycles. The molecule has 1 heterocycles. The average molecular weight is 310 g/mol. The van der Waals surface area contributed by atoms with Gasteiger partial charge in [-0.1, -0.05) is 13.0 Å². The Labute approximate surface area is 128 Å². The number of nitrogens with zero attached hydrogens (tertiary/aromatic N) is 1. The summed E-state index contributed by atoms with van der Waals surface area (Å²) in [4.78, 5) is 14.1. The summed E-state index contributed by atoms with van der Waals surface area (Å²) in [5, 5.41) is 2.88. The second kappa shape index (κ2) is 6.93. The molecule has 116 valence electrons. The van der Waals surface area contributed by atoms with Crippen LogP contribution in [0.5, 0.6) is 5.75 Å². The summed E-state index contributed by atoms with van der Waals surface area (Å²) in [5.74, 6) is 2.11. The van der Waals surface area contributed by atoms with Crippen molar-refractivity contribution in [1.82, 2.24) is 4.90 Å². The smallest absolute Gasteiger partial charge is 0.321 e. The summed E-state index contributed by atoms with van der Waals surface area (Å²) in [6.07, 6.45) is 0. The van der Waals surface area contributed by atoms with E-state index in [9.17, 15) is 9.00 Å². The van der Waals surface area contributed by atoms with Crippen molar-refractivity contribution < 1.29 is 13.7 Å². The summed E-state index contributed by atoms with van der Waals surface area (Å²) in [6, 6.07) is 5.49. The zero-order valence-electron chi connectivity index (χ0n) is 12.7. The monoisotopic (exact) mass is 310 g/mol. The van der Waals surface area contributed by atoms with Crippen LogP contribution in [0.15, 0.2) is 18.2 Å². The first-order valence-corrected chi connectivity index (χ1v) is 8.54. The first-order chi connectivity index (χ1) is 9.99. The number of anilines is 1. The maximum atomic E-state index is 12.4. The average Bonchev–Trinajstić information content (AvgIpc) is 2.61. The van der Waals surface area contributed by atoms with E-state index in [0.717, 1.165) is 5.56 Å². The van der Waals surface area contributed by atoms with Gasteiger partial charge in [-0.05, 0) is 30.5 Å². The minimum atomic E-state index is -0.827. The van der Waals surface area contributed by atoms with Gasteiger partial charge in [0.1, 0.15) is 5.75 Å².